The second-order valence-electron chi connectivity index (χ2n) is 8.39. The van der Waals surface area contributed by atoms with Crippen LogP contribution in [0.3, 0.4) is 0 Å². The van der Waals surface area contributed by atoms with Gasteiger partial charge in [-0.2, -0.15) is 0 Å². The van der Waals surface area contributed by atoms with E-state index in [4.69, 9.17) is 4.74 Å². The number of hydrogen-bond donors (Lipinski definition) is 1. The lowest BCUT2D eigenvalue weighted by molar-refractivity contribution is 0.175. The average Bonchev–Trinajstić information content (AvgIpc) is 2.80. The van der Waals surface area contributed by atoms with E-state index in [1.807, 2.05) is 42.5 Å². The summed E-state index contributed by atoms with van der Waals surface area (Å²) in [7, 11) is 1.69. The number of halogens is 1. The quantitative estimate of drug-likeness (QED) is 0.538. The number of hydrogen-bond acceptors (Lipinski definition) is 4. The third kappa shape index (κ3) is 5.58. The molecular formula is C25H28BrN3O3. The molecule has 32 heavy (non-hydrogen) atoms. The summed E-state index contributed by atoms with van der Waals surface area (Å²) in [4.78, 5) is 30.3. The molecule has 4 rings (SSSR count). The van der Waals surface area contributed by atoms with Crippen LogP contribution in [-0.2, 0) is 19.5 Å². The predicted octanol–water partition coefficient (Wildman–Crippen LogP) is 3.81. The van der Waals surface area contributed by atoms with Crippen LogP contribution in [0.4, 0.5) is 0 Å². The number of aromatic nitrogens is 2. The van der Waals surface area contributed by atoms with Gasteiger partial charge in [0.25, 0.3) is 5.56 Å². The standard InChI is InChI=1S/C25H28BrN3O3/c1-32-22-7-8-23(26)20(14-22)13-18-9-11-28(12-10-18)17-21-15-24(30)29(25(31)27-21)16-19-5-3-2-4-6-19/h2-8,14-15,18H,9-13,16-17H2,1H3,(H,27,31). The lowest BCUT2D eigenvalue weighted by atomic mass is 9.90. The number of nitrogens with zero attached hydrogens (tertiary/aromatic N) is 2. The maximum Gasteiger partial charge on any atom is 0.328 e. The van der Waals surface area contributed by atoms with Gasteiger partial charge in [-0.25, -0.2) is 4.79 Å². The van der Waals surface area contributed by atoms with Gasteiger partial charge in [-0.1, -0.05) is 46.3 Å². The molecule has 0 spiro atoms. The van der Waals surface area contributed by atoms with E-state index < -0.39 is 0 Å². The molecule has 1 aromatic heterocycles. The molecule has 7 heteroatoms. The van der Waals surface area contributed by atoms with Crippen molar-refractivity contribution < 1.29 is 4.74 Å². The van der Waals surface area contributed by atoms with Gasteiger partial charge in [0.2, 0.25) is 0 Å². The lowest BCUT2D eigenvalue weighted by Gasteiger charge is -2.32. The van der Waals surface area contributed by atoms with E-state index in [0.717, 1.165) is 48.1 Å². The van der Waals surface area contributed by atoms with Crippen LogP contribution in [0.15, 0.2) is 68.7 Å². The number of benzene rings is 2. The van der Waals surface area contributed by atoms with Gasteiger partial charge in [0.1, 0.15) is 5.75 Å². The first-order chi connectivity index (χ1) is 15.5. The van der Waals surface area contributed by atoms with Crippen molar-refractivity contribution in [2.24, 2.45) is 5.92 Å². The van der Waals surface area contributed by atoms with Gasteiger partial charge in [0.05, 0.1) is 13.7 Å². The minimum atomic E-state index is -0.353. The first kappa shape index (κ1) is 22.6. The van der Waals surface area contributed by atoms with Gasteiger partial charge in [0.15, 0.2) is 0 Å². The van der Waals surface area contributed by atoms with Crippen LogP contribution in [0.5, 0.6) is 5.75 Å². The fraction of sp³-hybridized carbons (Fsp3) is 0.360. The van der Waals surface area contributed by atoms with Crippen LogP contribution in [0.25, 0.3) is 0 Å². The molecule has 0 atom stereocenters. The van der Waals surface area contributed by atoms with Crippen LogP contribution in [0, 0.1) is 5.92 Å². The summed E-state index contributed by atoms with van der Waals surface area (Å²) in [6, 6.07) is 17.2. The molecule has 0 saturated carbocycles. The molecule has 6 nitrogen and oxygen atoms in total. The first-order valence-electron chi connectivity index (χ1n) is 10.9. The molecule has 3 aromatic rings. The molecule has 0 radical (unpaired) electrons. The van der Waals surface area contributed by atoms with Crippen molar-refractivity contribution in [2.45, 2.75) is 32.4 Å². The molecular weight excluding hydrogens is 470 g/mol. The zero-order valence-electron chi connectivity index (χ0n) is 18.2. The van der Waals surface area contributed by atoms with Crippen LogP contribution >= 0.6 is 15.9 Å². The molecule has 1 saturated heterocycles. The Hall–Kier alpha value is -2.64. The fourth-order valence-corrected chi connectivity index (χ4v) is 4.71. The van der Waals surface area contributed by atoms with Crippen molar-refractivity contribution in [1.29, 1.82) is 0 Å². The minimum Gasteiger partial charge on any atom is -0.497 e. The summed E-state index contributed by atoms with van der Waals surface area (Å²) < 4.78 is 7.72. The number of methoxy groups -OCH3 is 1. The summed E-state index contributed by atoms with van der Waals surface area (Å²) in [6.45, 7) is 2.76. The molecule has 0 bridgehead atoms. The lowest BCUT2D eigenvalue weighted by Crippen LogP contribution is -2.38. The van der Waals surface area contributed by atoms with Crippen molar-refractivity contribution in [3.05, 3.63) is 96.7 Å². The number of likely N-dealkylation sites (tertiary alicyclic amines) is 1. The number of H-pyrrole nitrogens is 1. The van der Waals surface area contributed by atoms with Gasteiger partial charge in [0, 0.05) is 22.8 Å². The highest BCUT2D eigenvalue weighted by Crippen LogP contribution is 2.29. The summed E-state index contributed by atoms with van der Waals surface area (Å²) in [5.41, 5.74) is 2.27. The van der Waals surface area contributed by atoms with Gasteiger partial charge >= 0.3 is 5.69 Å². The Morgan fingerprint density at radius 3 is 2.47 bits per heavy atom. The summed E-state index contributed by atoms with van der Waals surface area (Å²) in [5.74, 6) is 1.49. The number of nitrogens with one attached hydrogen (secondary N) is 1. The van der Waals surface area contributed by atoms with Gasteiger partial charge < -0.3 is 9.72 Å². The number of ether oxygens (including phenoxy) is 1. The molecule has 0 amide bonds. The van der Waals surface area contributed by atoms with E-state index in [1.54, 1.807) is 13.2 Å². The van der Waals surface area contributed by atoms with E-state index in [0.29, 0.717) is 18.2 Å². The Bertz CT molecular complexity index is 1130. The molecule has 2 heterocycles. The van der Waals surface area contributed by atoms with Crippen molar-refractivity contribution in [3.63, 3.8) is 0 Å². The highest BCUT2D eigenvalue weighted by molar-refractivity contribution is 9.10. The highest BCUT2D eigenvalue weighted by Gasteiger charge is 2.21. The summed E-state index contributed by atoms with van der Waals surface area (Å²) in [6.07, 6.45) is 3.18. The molecule has 1 N–H and O–H groups in total. The van der Waals surface area contributed by atoms with Crippen molar-refractivity contribution >= 4 is 15.9 Å². The largest absolute Gasteiger partial charge is 0.497 e. The topological polar surface area (TPSA) is 67.3 Å². The zero-order valence-corrected chi connectivity index (χ0v) is 19.8. The molecule has 1 aliphatic rings. The predicted molar refractivity (Wildman–Crippen MR) is 129 cm³/mol. The minimum absolute atomic E-state index is 0.259. The van der Waals surface area contributed by atoms with Crippen LogP contribution in [0.1, 0.15) is 29.7 Å². The van der Waals surface area contributed by atoms with Gasteiger partial charge in [-0.3, -0.25) is 14.3 Å². The third-order valence-corrected chi connectivity index (χ3v) is 6.90. The average molecular weight is 498 g/mol. The zero-order chi connectivity index (χ0) is 22.5. The number of rotatable bonds is 7. The number of aromatic amines is 1. The van der Waals surface area contributed by atoms with Crippen LogP contribution in [-0.4, -0.2) is 34.7 Å². The highest BCUT2D eigenvalue weighted by atomic mass is 79.9. The van der Waals surface area contributed by atoms with Crippen LogP contribution < -0.4 is 16.0 Å². The molecule has 1 aliphatic heterocycles. The third-order valence-electron chi connectivity index (χ3n) is 6.12. The van der Waals surface area contributed by atoms with E-state index in [1.165, 1.54) is 10.1 Å². The van der Waals surface area contributed by atoms with Crippen LogP contribution in [0.2, 0.25) is 0 Å². The Balaban J connectivity index is 1.35. The van der Waals surface area contributed by atoms with Gasteiger partial charge in [-0.15, -0.1) is 0 Å². The first-order valence-corrected chi connectivity index (χ1v) is 11.7. The smallest absolute Gasteiger partial charge is 0.328 e. The molecule has 0 unspecified atom stereocenters. The second-order valence-corrected chi connectivity index (χ2v) is 9.25. The molecule has 168 valence electrons. The Morgan fingerprint density at radius 2 is 1.78 bits per heavy atom. The van der Waals surface area contributed by atoms with Gasteiger partial charge in [-0.05, 0) is 67.6 Å². The Labute approximate surface area is 196 Å². The molecule has 1 fully saturated rings. The Kier molecular flexibility index (Phi) is 7.27. The van der Waals surface area contributed by atoms with E-state index in [2.05, 4.69) is 31.9 Å². The monoisotopic (exact) mass is 497 g/mol. The SMILES string of the molecule is COc1ccc(Br)c(CC2CCN(Cc3cc(=O)n(Cc4ccccc4)c(=O)[nH]3)CC2)c1. The number of piperidine rings is 1. The van der Waals surface area contributed by atoms with Crippen molar-refractivity contribution in [3.8, 4) is 5.75 Å². The summed E-state index contributed by atoms with van der Waals surface area (Å²) in [5, 5.41) is 0. The molecule has 0 aliphatic carbocycles. The maximum atomic E-state index is 12.6. The van der Waals surface area contributed by atoms with Crippen molar-refractivity contribution in [1.82, 2.24) is 14.5 Å². The van der Waals surface area contributed by atoms with E-state index in [9.17, 15) is 9.59 Å². The van der Waals surface area contributed by atoms with Crippen molar-refractivity contribution in [2.75, 3.05) is 20.2 Å². The molecule has 2 aromatic carbocycles. The second kappa shape index (κ2) is 10.3. The van der Waals surface area contributed by atoms with E-state index >= 15 is 0 Å². The maximum absolute atomic E-state index is 12.6. The Morgan fingerprint density at radius 1 is 1.03 bits per heavy atom. The van der Waals surface area contributed by atoms with E-state index in [-0.39, 0.29) is 17.8 Å². The normalized spacial score (nSPS) is 15.1. The summed E-state index contributed by atoms with van der Waals surface area (Å²) >= 11 is 3.65. The fourth-order valence-electron chi connectivity index (χ4n) is 4.30.